The monoisotopic (exact) mass is 218 g/mol. The van der Waals surface area contributed by atoms with Crippen molar-refractivity contribution < 1.29 is 19.4 Å². The van der Waals surface area contributed by atoms with E-state index in [-0.39, 0.29) is 12.4 Å². The van der Waals surface area contributed by atoms with Crippen LogP contribution in [0, 0.1) is 0 Å². The second kappa shape index (κ2) is 4.20. The highest BCUT2D eigenvalue weighted by atomic mass is 16.4. The van der Waals surface area contributed by atoms with E-state index in [0.717, 1.165) is 5.56 Å². The van der Waals surface area contributed by atoms with Gasteiger partial charge in [-0.2, -0.15) is 0 Å². The van der Waals surface area contributed by atoms with Crippen molar-refractivity contribution in [2.75, 3.05) is 0 Å². The Labute approximate surface area is 91.8 Å². The van der Waals surface area contributed by atoms with Crippen molar-refractivity contribution in [3.63, 3.8) is 0 Å². The summed E-state index contributed by atoms with van der Waals surface area (Å²) in [6.45, 7) is -0.249. The molecule has 2 N–H and O–H groups in total. The van der Waals surface area contributed by atoms with Crippen LogP contribution in [0.15, 0.2) is 41.0 Å². The largest absolute Gasteiger partial charge is 0.475 e. The highest BCUT2D eigenvalue weighted by molar-refractivity contribution is 5.94. The van der Waals surface area contributed by atoms with Crippen LogP contribution in [0.5, 0.6) is 0 Å². The van der Waals surface area contributed by atoms with Crippen LogP contribution in [0.2, 0.25) is 0 Å². The quantitative estimate of drug-likeness (QED) is 0.827. The van der Waals surface area contributed by atoms with Gasteiger partial charge in [-0.15, -0.1) is 0 Å². The van der Waals surface area contributed by atoms with Crippen LogP contribution in [0.4, 0.5) is 0 Å². The van der Waals surface area contributed by atoms with E-state index in [1.54, 1.807) is 24.3 Å². The SMILES string of the molecule is O=C(O)c1occ(CO)c1-c1ccccc1. The van der Waals surface area contributed by atoms with Crippen LogP contribution < -0.4 is 0 Å². The lowest BCUT2D eigenvalue weighted by Gasteiger charge is -2.01. The summed E-state index contributed by atoms with van der Waals surface area (Å²) in [5, 5.41) is 18.1. The van der Waals surface area contributed by atoms with E-state index >= 15 is 0 Å². The fraction of sp³-hybridized carbons (Fsp3) is 0.0833. The molecular weight excluding hydrogens is 208 g/mol. The average Bonchev–Trinajstić information content (AvgIpc) is 2.73. The maximum Gasteiger partial charge on any atom is 0.372 e. The zero-order chi connectivity index (χ0) is 11.5. The minimum Gasteiger partial charge on any atom is -0.475 e. The number of carboxylic acid groups (broad SMARTS) is 1. The van der Waals surface area contributed by atoms with Gasteiger partial charge in [0.05, 0.1) is 12.9 Å². The number of aliphatic hydroxyl groups is 1. The molecule has 82 valence electrons. The molecule has 1 heterocycles. The lowest BCUT2D eigenvalue weighted by Crippen LogP contribution is -1.97. The molecule has 0 fully saturated rings. The van der Waals surface area contributed by atoms with Crippen molar-refractivity contribution >= 4 is 5.97 Å². The summed E-state index contributed by atoms with van der Waals surface area (Å²) in [6.07, 6.45) is 1.27. The van der Waals surface area contributed by atoms with Gasteiger partial charge in [0.2, 0.25) is 5.76 Å². The molecule has 2 rings (SSSR count). The molecule has 0 aliphatic carbocycles. The van der Waals surface area contributed by atoms with Crippen molar-refractivity contribution in [1.29, 1.82) is 0 Å². The summed E-state index contributed by atoms with van der Waals surface area (Å²) in [4.78, 5) is 10.9. The van der Waals surface area contributed by atoms with Crippen LogP contribution in [0.3, 0.4) is 0 Å². The number of rotatable bonds is 3. The average molecular weight is 218 g/mol. The number of aliphatic hydroxyl groups excluding tert-OH is 1. The molecule has 0 amide bonds. The van der Waals surface area contributed by atoms with Crippen LogP contribution in [0.25, 0.3) is 11.1 Å². The van der Waals surface area contributed by atoms with E-state index in [2.05, 4.69) is 0 Å². The fourth-order valence-corrected chi connectivity index (χ4v) is 1.59. The topological polar surface area (TPSA) is 70.7 Å². The first-order valence-electron chi connectivity index (χ1n) is 4.74. The molecule has 0 aliphatic rings. The third kappa shape index (κ3) is 1.70. The molecule has 0 radical (unpaired) electrons. The molecule has 0 saturated heterocycles. The number of hydrogen-bond donors (Lipinski definition) is 2. The number of furan rings is 1. The molecule has 0 unspecified atom stereocenters. The van der Waals surface area contributed by atoms with Gasteiger partial charge in [0.15, 0.2) is 0 Å². The maximum atomic E-state index is 10.9. The van der Waals surface area contributed by atoms with E-state index in [1.807, 2.05) is 6.07 Å². The highest BCUT2D eigenvalue weighted by Crippen LogP contribution is 2.29. The summed E-state index contributed by atoms with van der Waals surface area (Å²) in [6, 6.07) is 8.99. The number of benzene rings is 1. The third-order valence-electron chi connectivity index (χ3n) is 2.29. The van der Waals surface area contributed by atoms with Gasteiger partial charge in [0.1, 0.15) is 0 Å². The van der Waals surface area contributed by atoms with Gasteiger partial charge in [0, 0.05) is 11.1 Å². The molecule has 4 nitrogen and oxygen atoms in total. The molecule has 4 heteroatoms. The molecular formula is C12H10O4. The predicted octanol–water partition coefficient (Wildman–Crippen LogP) is 2.14. The second-order valence-corrected chi connectivity index (χ2v) is 3.29. The zero-order valence-electron chi connectivity index (χ0n) is 8.38. The Bertz CT molecular complexity index is 499. The molecule has 1 aromatic carbocycles. The van der Waals surface area contributed by atoms with E-state index in [4.69, 9.17) is 14.6 Å². The Hall–Kier alpha value is -2.07. The lowest BCUT2D eigenvalue weighted by atomic mass is 10.0. The molecule has 0 atom stereocenters. The standard InChI is InChI=1S/C12H10O4/c13-6-9-7-16-11(12(14)15)10(9)8-4-2-1-3-5-8/h1-5,7,13H,6H2,(H,14,15). The Balaban J connectivity index is 2.62. The fourth-order valence-electron chi connectivity index (χ4n) is 1.59. The normalized spacial score (nSPS) is 10.3. The molecule has 1 aromatic heterocycles. The zero-order valence-corrected chi connectivity index (χ0v) is 8.38. The minimum absolute atomic E-state index is 0.143. The number of aromatic carboxylic acids is 1. The Morgan fingerprint density at radius 3 is 2.50 bits per heavy atom. The van der Waals surface area contributed by atoms with E-state index in [1.165, 1.54) is 6.26 Å². The molecule has 0 spiro atoms. The van der Waals surface area contributed by atoms with Crippen molar-refractivity contribution in [1.82, 2.24) is 0 Å². The van der Waals surface area contributed by atoms with Gasteiger partial charge < -0.3 is 14.6 Å². The van der Waals surface area contributed by atoms with Crippen molar-refractivity contribution in [2.24, 2.45) is 0 Å². The first-order chi connectivity index (χ1) is 7.74. The van der Waals surface area contributed by atoms with Gasteiger partial charge in [-0.25, -0.2) is 4.79 Å². The molecule has 16 heavy (non-hydrogen) atoms. The summed E-state index contributed by atoms with van der Waals surface area (Å²) in [5.74, 6) is -1.28. The van der Waals surface area contributed by atoms with E-state index < -0.39 is 5.97 Å². The van der Waals surface area contributed by atoms with Gasteiger partial charge >= 0.3 is 5.97 Å². The van der Waals surface area contributed by atoms with Crippen LogP contribution in [-0.4, -0.2) is 16.2 Å². The Morgan fingerprint density at radius 1 is 1.25 bits per heavy atom. The predicted molar refractivity (Wildman–Crippen MR) is 57.0 cm³/mol. The van der Waals surface area contributed by atoms with Gasteiger partial charge in [-0.1, -0.05) is 30.3 Å². The second-order valence-electron chi connectivity index (χ2n) is 3.29. The summed E-state index contributed by atoms with van der Waals surface area (Å²) < 4.78 is 4.94. The van der Waals surface area contributed by atoms with Crippen LogP contribution in [-0.2, 0) is 6.61 Å². The van der Waals surface area contributed by atoms with Crippen molar-refractivity contribution in [3.05, 3.63) is 47.9 Å². The Morgan fingerprint density at radius 2 is 1.94 bits per heavy atom. The van der Waals surface area contributed by atoms with Crippen molar-refractivity contribution in [3.8, 4) is 11.1 Å². The number of carbonyl (C=O) groups is 1. The van der Waals surface area contributed by atoms with Crippen molar-refractivity contribution in [2.45, 2.75) is 6.61 Å². The third-order valence-corrected chi connectivity index (χ3v) is 2.29. The van der Waals surface area contributed by atoms with Gasteiger partial charge in [-0.3, -0.25) is 0 Å². The number of carboxylic acids is 1. The highest BCUT2D eigenvalue weighted by Gasteiger charge is 2.20. The first-order valence-corrected chi connectivity index (χ1v) is 4.74. The number of hydrogen-bond acceptors (Lipinski definition) is 3. The van der Waals surface area contributed by atoms with E-state index in [0.29, 0.717) is 11.1 Å². The summed E-state index contributed by atoms with van der Waals surface area (Å²) in [5.41, 5.74) is 1.64. The van der Waals surface area contributed by atoms with Crippen LogP contribution in [0.1, 0.15) is 16.1 Å². The molecule has 2 aromatic rings. The molecule has 0 saturated carbocycles. The Kier molecular flexibility index (Phi) is 2.74. The van der Waals surface area contributed by atoms with E-state index in [9.17, 15) is 4.79 Å². The molecule has 0 bridgehead atoms. The van der Waals surface area contributed by atoms with Gasteiger partial charge in [0.25, 0.3) is 0 Å². The first kappa shape index (κ1) is 10.4. The molecule has 0 aliphatic heterocycles. The minimum atomic E-state index is -1.14. The van der Waals surface area contributed by atoms with Gasteiger partial charge in [-0.05, 0) is 5.56 Å². The summed E-state index contributed by atoms with van der Waals surface area (Å²) in [7, 11) is 0. The maximum absolute atomic E-state index is 10.9. The smallest absolute Gasteiger partial charge is 0.372 e. The summed E-state index contributed by atoms with van der Waals surface area (Å²) >= 11 is 0. The lowest BCUT2D eigenvalue weighted by molar-refractivity contribution is 0.0663. The van der Waals surface area contributed by atoms with Crippen LogP contribution >= 0.6 is 0 Å².